The minimum Gasteiger partial charge on any atom is -0.309 e. The lowest BCUT2D eigenvalue weighted by Crippen LogP contribution is -2.01. The minimum atomic E-state index is 0.343. The van der Waals surface area contributed by atoms with Crippen LogP contribution in [0.15, 0.2) is 200 Å². The smallest absolute Gasteiger partial charge is 0.101 e. The minimum absolute atomic E-state index is 0.343. The van der Waals surface area contributed by atoms with Crippen molar-refractivity contribution in [3.63, 3.8) is 0 Å². The monoisotopic (exact) mass is 775 g/mol. The summed E-state index contributed by atoms with van der Waals surface area (Å²) in [7, 11) is 0. The summed E-state index contributed by atoms with van der Waals surface area (Å²) in [6.45, 7) is 0. The Kier molecular flexibility index (Phi) is 7.59. The topological polar surface area (TPSA) is 62.4 Å². The van der Waals surface area contributed by atoms with E-state index in [1.807, 2.05) is 18.2 Å². The van der Waals surface area contributed by atoms with Gasteiger partial charge in [-0.25, -0.2) is 0 Å². The standard InChI is InChI=1S/C56H33N5/c57-34-39-32-46(54(33-40(39)35-58)61-48-20-10-7-17-43(48)47-31-38(25-28-51(47)61)36-13-3-1-4-14-36)37-23-26-42(27-24-37)60-50-22-12-9-19-45(50)56-53(60)30-29-52-55(56)44-18-8-11-21-49(44)59(52)41-15-5-2-6-16-41/h1-33H. The fourth-order valence-corrected chi connectivity index (χ4v) is 9.67. The second-order valence-corrected chi connectivity index (χ2v) is 15.5. The number of hydrogen-bond donors (Lipinski definition) is 0. The van der Waals surface area contributed by atoms with Gasteiger partial charge in [0.05, 0.1) is 49.9 Å². The molecule has 282 valence electrons. The van der Waals surface area contributed by atoms with E-state index in [4.69, 9.17) is 0 Å². The van der Waals surface area contributed by atoms with Crippen LogP contribution in [0, 0.1) is 22.7 Å². The zero-order valence-corrected chi connectivity index (χ0v) is 32.8. The number of fused-ring (bicyclic) bond motifs is 10. The molecule has 5 heteroatoms. The summed E-state index contributed by atoms with van der Waals surface area (Å²) in [6, 6.07) is 74.9. The third kappa shape index (κ3) is 5.12. The molecule has 0 saturated heterocycles. The van der Waals surface area contributed by atoms with Crippen LogP contribution < -0.4 is 0 Å². The van der Waals surface area contributed by atoms with Crippen molar-refractivity contribution in [3.05, 3.63) is 211 Å². The predicted octanol–water partition coefficient (Wildman–Crippen LogP) is 14.1. The molecule has 0 amide bonds. The molecule has 12 aromatic rings. The van der Waals surface area contributed by atoms with Gasteiger partial charge in [-0.05, 0) is 95.6 Å². The fraction of sp³-hybridized carbons (Fsp3) is 0. The van der Waals surface area contributed by atoms with Gasteiger partial charge in [-0.3, -0.25) is 0 Å². The van der Waals surface area contributed by atoms with Crippen molar-refractivity contribution in [3.8, 4) is 51.5 Å². The first-order valence-electron chi connectivity index (χ1n) is 20.4. The van der Waals surface area contributed by atoms with E-state index in [1.54, 1.807) is 0 Å². The molecule has 0 bridgehead atoms. The molecule has 0 radical (unpaired) electrons. The molecular formula is C56H33N5. The molecule has 0 aliphatic rings. The van der Waals surface area contributed by atoms with Crippen LogP contribution >= 0.6 is 0 Å². The number of nitrogens with zero attached hydrogens (tertiary/aromatic N) is 5. The normalized spacial score (nSPS) is 11.6. The van der Waals surface area contributed by atoms with Gasteiger partial charge in [0.15, 0.2) is 0 Å². The highest BCUT2D eigenvalue weighted by molar-refractivity contribution is 6.29. The van der Waals surface area contributed by atoms with Crippen LogP contribution in [-0.4, -0.2) is 13.7 Å². The summed E-state index contributed by atoms with van der Waals surface area (Å²) in [6.07, 6.45) is 0. The van der Waals surface area contributed by atoms with E-state index in [0.717, 1.165) is 72.2 Å². The van der Waals surface area contributed by atoms with Gasteiger partial charge in [0.2, 0.25) is 0 Å². The Hall–Kier alpha value is -8.64. The summed E-state index contributed by atoms with van der Waals surface area (Å²) >= 11 is 0. The van der Waals surface area contributed by atoms with Crippen LogP contribution in [0.4, 0.5) is 0 Å². The molecule has 0 spiro atoms. The Morgan fingerprint density at radius 2 is 0.770 bits per heavy atom. The molecule has 3 aromatic heterocycles. The molecule has 61 heavy (non-hydrogen) atoms. The van der Waals surface area contributed by atoms with E-state index >= 15 is 0 Å². The number of aromatic nitrogens is 3. The van der Waals surface area contributed by atoms with Crippen LogP contribution in [0.25, 0.3) is 105 Å². The highest BCUT2D eigenvalue weighted by Crippen LogP contribution is 2.43. The first-order valence-corrected chi connectivity index (χ1v) is 20.4. The van der Waals surface area contributed by atoms with Crippen LogP contribution in [0.3, 0.4) is 0 Å². The Morgan fingerprint density at radius 3 is 1.38 bits per heavy atom. The molecule has 0 aliphatic carbocycles. The van der Waals surface area contributed by atoms with Gasteiger partial charge in [-0.2, -0.15) is 10.5 Å². The number of nitriles is 2. The Bertz CT molecular complexity index is 3820. The molecule has 0 atom stereocenters. The van der Waals surface area contributed by atoms with Crippen LogP contribution in [-0.2, 0) is 0 Å². The molecule has 9 aromatic carbocycles. The highest BCUT2D eigenvalue weighted by atomic mass is 15.0. The number of rotatable bonds is 5. The van der Waals surface area contributed by atoms with Gasteiger partial charge >= 0.3 is 0 Å². The van der Waals surface area contributed by atoms with Crippen molar-refractivity contribution in [2.75, 3.05) is 0 Å². The van der Waals surface area contributed by atoms with E-state index in [1.165, 1.54) is 32.6 Å². The Balaban J connectivity index is 1.06. The van der Waals surface area contributed by atoms with Gasteiger partial charge in [0.25, 0.3) is 0 Å². The summed E-state index contributed by atoms with van der Waals surface area (Å²) in [5, 5.41) is 27.7. The van der Waals surface area contributed by atoms with Crippen molar-refractivity contribution >= 4 is 65.4 Å². The quantitative estimate of drug-likeness (QED) is 0.175. The summed E-state index contributed by atoms with van der Waals surface area (Å²) < 4.78 is 6.98. The molecule has 12 rings (SSSR count). The van der Waals surface area contributed by atoms with Crippen molar-refractivity contribution in [2.45, 2.75) is 0 Å². The lowest BCUT2D eigenvalue weighted by Gasteiger charge is -2.16. The first kappa shape index (κ1) is 34.4. The van der Waals surface area contributed by atoms with Crippen molar-refractivity contribution in [2.24, 2.45) is 0 Å². The van der Waals surface area contributed by atoms with Gasteiger partial charge in [0, 0.05) is 49.3 Å². The number of para-hydroxylation sites is 4. The van der Waals surface area contributed by atoms with Crippen molar-refractivity contribution in [1.82, 2.24) is 13.7 Å². The van der Waals surface area contributed by atoms with E-state index < -0.39 is 0 Å². The zero-order valence-electron chi connectivity index (χ0n) is 32.8. The molecule has 0 fully saturated rings. The third-order valence-electron chi connectivity index (χ3n) is 12.3. The summed E-state index contributed by atoms with van der Waals surface area (Å²) in [4.78, 5) is 0. The molecule has 5 nitrogen and oxygen atoms in total. The average molecular weight is 776 g/mol. The number of benzene rings is 9. The van der Waals surface area contributed by atoms with E-state index in [2.05, 4.69) is 208 Å². The number of hydrogen-bond acceptors (Lipinski definition) is 2. The van der Waals surface area contributed by atoms with Gasteiger partial charge < -0.3 is 13.7 Å². The van der Waals surface area contributed by atoms with Gasteiger partial charge in [-0.15, -0.1) is 0 Å². The maximum absolute atomic E-state index is 10.3. The molecule has 0 unspecified atom stereocenters. The average Bonchev–Trinajstić information content (AvgIpc) is 3.97. The molecule has 0 saturated carbocycles. The van der Waals surface area contributed by atoms with Crippen LogP contribution in [0.2, 0.25) is 0 Å². The third-order valence-corrected chi connectivity index (χ3v) is 12.3. The SMILES string of the molecule is N#Cc1cc(-c2ccc(-n3c4ccccc4c4c5c6ccccc6n(-c6ccccc6)c5ccc43)cc2)c(-n2c3ccccc3c3cc(-c4ccccc4)ccc32)cc1C#N. The zero-order chi connectivity index (χ0) is 40.6. The van der Waals surface area contributed by atoms with Gasteiger partial charge in [-0.1, -0.05) is 121 Å². The van der Waals surface area contributed by atoms with Crippen molar-refractivity contribution < 1.29 is 0 Å². The molecule has 3 heterocycles. The van der Waals surface area contributed by atoms with Crippen LogP contribution in [0.1, 0.15) is 11.1 Å². The predicted molar refractivity (Wildman–Crippen MR) is 250 cm³/mol. The molecule has 0 aliphatic heterocycles. The fourth-order valence-electron chi connectivity index (χ4n) is 9.67. The molecular weight excluding hydrogens is 743 g/mol. The Labute approximate surface area is 351 Å². The second kappa shape index (κ2) is 13.5. The summed E-state index contributed by atoms with van der Waals surface area (Å²) in [5.41, 5.74) is 14.4. The Morgan fingerprint density at radius 1 is 0.311 bits per heavy atom. The lowest BCUT2D eigenvalue weighted by molar-refractivity contribution is 1.17. The highest BCUT2D eigenvalue weighted by Gasteiger charge is 2.22. The van der Waals surface area contributed by atoms with Crippen molar-refractivity contribution in [1.29, 1.82) is 10.5 Å². The van der Waals surface area contributed by atoms with E-state index in [0.29, 0.717) is 11.1 Å². The first-order chi connectivity index (χ1) is 30.2. The van der Waals surface area contributed by atoms with Gasteiger partial charge in [0.1, 0.15) is 12.1 Å². The van der Waals surface area contributed by atoms with E-state index in [-0.39, 0.29) is 0 Å². The van der Waals surface area contributed by atoms with E-state index in [9.17, 15) is 10.5 Å². The summed E-state index contributed by atoms with van der Waals surface area (Å²) in [5.74, 6) is 0. The second-order valence-electron chi connectivity index (χ2n) is 15.5. The lowest BCUT2D eigenvalue weighted by atomic mass is 9.97. The van der Waals surface area contributed by atoms with Crippen LogP contribution in [0.5, 0.6) is 0 Å². The molecule has 0 N–H and O–H groups in total. The maximum Gasteiger partial charge on any atom is 0.101 e. The largest absolute Gasteiger partial charge is 0.309 e. The maximum atomic E-state index is 10.3.